The highest BCUT2D eigenvalue weighted by Gasteiger charge is 2.24. The molecule has 0 radical (unpaired) electrons. The predicted octanol–water partition coefficient (Wildman–Crippen LogP) is 2.29. The summed E-state index contributed by atoms with van der Waals surface area (Å²) in [7, 11) is -1.59. The van der Waals surface area contributed by atoms with Crippen molar-refractivity contribution in [2.45, 2.75) is 11.8 Å². The summed E-state index contributed by atoms with van der Waals surface area (Å²) in [6, 6.07) is 15.2. The Labute approximate surface area is 161 Å². The first-order valence-corrected chi connectivity index (χ1v) is 10.5. The van der Waals surface area contributed by atoms with Gasteiger partial charge in [-0.3, -0.25) is 9.10 Å². The molecule has 0 aromatic heterocycles. The summed E-state index contributed by atoms with van der Waals surface area (Å²) in [6.07, 6.45) is 0. The van der Waals surface area contributed by atoms with E-state index in [0.717, 1.165) is 13.1 Å². The van der Waals surface area contributed by atoms with Gasteiger partial charge in [0.1, 0.15) is 0 Å². The van der Waals surface area contributed by atoms with Crippen LogP contribution in [0.3, 0.4) is 0 Å². The van der Waals surface area contributed by atoms with Crippen LogP contribution in [-0.2, 0) is 10.0 Å². The largest absolute Gasteiger partial charge is 0.336 e. The van der Waals surface area contributed by atoms with Gasteiger partial charge in [-0.2, -0.15) is 0 Å². The Morgan fingerprint density at radius 3 is 2.11 bits per heavy atom. The van der Waals surface area contributed by atoms with Gasteiger partial charge < -0.3 is 9.80 Å². The number of hydrogen-bond acceptors (Lipinski definition) is 4. The second kappa shape index (κ2) is 8.10. The van der Waals surface area contributed by atoms with Crippen molar-refractivity contribution in [1.82, 2.24) is 9.80 Å². The number of anilines is 1. The van der Waals surface area contributed by atoms with Crippen LogP contribution in [0.15, 0.2) is 59.5 Å². The number of carbonyl (C=O) groups is 1. The van der Waals surface area contributed by atoms with Crippen molar-refractivity contribution in [1.29, 1.82) is 0 Å². The summed E-state index contributed by atoms with van der Waals surface area (Å²) in [4.78, 5) is 16.9. The van der Waals surface area contributed by atoms with Crippen molar-refractivity contribution in [3.63, 3.8) is 0 Å². The van der Waals surface area contributed by atoms with Gasteiger partial charge in [-0.15, -0.1) is 0 Å². The molecule has 0 aliphatic carbocycles. The second-order valence-corrected chi connectivity index (χ2v) is 8.49. The summed E-state index contributed by atoms with van der Waals surface area (Å²) >= 11 is 0. The highest BCUT2D eigenvalue weighted by molar-refractivity contribution is 7.92. The van der Waals surface area contributed by atoms with E-state index < -0.39 is 10.0 Å². The number of likely N-dealkylation sites (N-methyl/N-ethyl adjacent to an activating group) is 1. The van der Waals surface area contributed by atoms with Crippen LogP contribution in [0.25, 0.3) is 0 Å². The maximum atomic E-state index is 12.9. The molecule has 0 N–H and O–H groups in total. The highest BCUT2D eigenvalue weighted by atomic mass is 32.2. The van der Waals surface area contributed by atoms with Crippen molar-refractivity contribution in [3.05, 3.63) is 60.2 Å². The Hall–Kier alpha value is -2.38. The Balaban J connectivity index is 1.80. The predicted molar refractivity (Wildman–Crippen MR) is 106 cm³/mol. The van der Waals surface area contributed by atoms with Gasteiger partial charge in [-0.1, -0.05) is 18.2 Å². The van der Waals surface area contributed by atoms with Crippen LogP contribution in [0.4, 0.5) is 5.69 Å². The molecular weight excluding hydrogens is 362 g/mol. The minimum absolute atomic E-state index is 0.0105. The Morgan fingerprint density at radius 1 is 0.963 bits per heavy atom. The van der Waals surface area contributed by atoms with E-state index in [1.807, 2.05) is 11.9 Å². The molecule has 1 saturated heterocycles. The van der Waals surface area contributed by atoms with E-state index in [9.17, 15) is 13.2 Å². The van der Waals surface area contributed by atoms with E-state index in [2.05, 4.69) is 4.90 Å². The molecule has 0 unspecified atom stereocenters. The fourth-order valence-electron chi connectivity index (χ4n) is 3.17. The van der Waals surface area contributed by atoms with Crippen molar-refractivity contribution in [3.8, 4) is 0 Å². The number of carbonyl (C=O) groups excluding carboxylic acids is 1. The molecular formula is C20H25N3O3S. The molecule has 6 nitrogen and oxygen atoms in total. The molecule has 1 heterocycles. The minimum Gasteiger partial charge on any atom is -0.336 e. The molecule has 1 aliphatic heterocycles. The fraction of sp³-hybridized carbons (Fsp3) is 0.350. The van der Waals surface area contributed by atoms with E-state index in [-0.39, 0.29) is 10.8 Å². The molecule has 144 valence electrons. The lowest BCUT2D eigenvalue weighted by molar-refractivity contribution is 0.0664. The first kappa shape index (κ1) is 19.4. The second-order valence-electron chi connectivity index (χ2n) is 6.63. The van der Waals surface area contributed by atoms with Gasteiger partial charge in [0, 0.05) is 38.3 Å². The maximum absolute atomic E-state index is 12.9. The van der Waals surface area contributed by atoms with Gasteiger partial charge in [0.25, 0.3) is 15.9 Å². The van der Waals surface area contributed by atoms with Crippen molar-refractivity contribution in [2.75, 3.05) is 44.1 Å². The SMILES string of the molecule is CCN(c1ccc(C(=O)N2CCN(C)CC2)cc1)S(=O)(=O)c1ccccc1. The Morgan fingerprint density at radius 2 is 1.56 bits per heavy atom. The van der Waals surface area contributed by atoms with Crippen LogP contribution in [-0.4, -0.2) is 63.9 Å². The standard InChI is InChI=1S/C20H25N3O3S/c1-3-23(27(25,26)19-7-5-4-6-8-19)18-11-9-17(10-12-18)20(24)22-15-13-21(2)14-16-22/h4-12H,3,13-16H2,1-2H3. The molecule has 1 aliphatic rings. The number of sulfonamides is 1. The molecule has 2 aromatic carbocycles. The van der Waals surface area contributed by atoms with Crippen LogP contribution >= 0.6 is 0 Å². The van der Waals surface area contributed by atoms with Crippen LogP contribution in [0.1, 0.15) is 17.3 Å². The molecule has 0 saturated carbocycles. The molecule has 7 heteroatoms. The molecule has 0 bridgehead atoms. The smallest absolute Gasteiger partial charge is 0.264 e. The van der Waals surface area contributed by atoms with Crippen LogP contribution in [0.2, 0.25) is 0 Å². The molecule has 2 aromatic rings. The van der Waals surface area contributed by atoms with Crippen molar-refractivity contribution in [2.24, 2.45) is 0 Å². The van der Waals surface area contributed by atoms with E-state index >= 15 is 0 Å². The van der Waals surface area contributed by atoms with Crippen molar-refractivity contribution < 1.29 is 13.2 Å². The molecule has 0 atom stereocenters. The third-order valence-corrected chi connectivity index (χ3v) is 6.73. The molecule has 3 rings (SSSR count). The third kappa shape index (κ3) is 4.14. The zero-order valence-electron chi connectivity index (χ0n) is 15.7. The minimum atomic E-state index is -3.63. The Kier molecular flexibility index (Phi) is 5.82. The zero-order chi connectivity index (χ0) is 19.4. The monoisotopic (exact) mass is 387 g/mol. The number of hydrogen-bond donors (Lipinski definition) is 0. The highest BCUT2D eigenvalue weighted by Crippen LogP contribution is 2.24. The summed E-state index contributed by atoms with van der Waals surface area (Å²) < 4.78 is 27.2. The quantitative estimate of drug-likeness (QED) is 0.790. The first-order valence-electron chi connectivity index (χ1n) is 9.09. The lowest BCUT2D eigenvalue weighted by Gasteiger charge is -2.32. The van der Waals surface area contributed by atoms with Crippen LogP contribution in [0.5, 0.6) is 0 Å². The lowest BCUT2D eigenvalue weighted by atomic mass is 10.1. The number of benzene rings is 2. The van der Waals surface area contributed by atoms with E-state index in [4.69, 9.17) is 0 Å². The topological polar surface area (TPSA) is 60.9 Å². The number of amides is 1. The summed E-state index contributed by atoms with van der Waals surface area (Å²) in [5.41, 5.74) is 1.13. The molecule has 1 amide bonds. The fourth-order valence-corrected chi connectivity index (χ4v) is 4.67. The Bertz CT molecular complexity index is 874. The van der Waals surface area contributed by atoms with Gasteiger partial charge in [0.05, 0.1) is 10.6 Å². The van der Waals surface area contributed by atoms with Crippen molar-refractivity contribution >= 4 is 21.6 Å². The van der Waals surface area contributed by atoms with Crippen LogP contribution in [0, 0.1) is 0 Å². The van der Waals surface area contributed by atoms with E-state index in [1.165, 1.54) is 4.31 Å². The average Bonchev–Trinajstić information content (AvgIpc) is 2.69. The maximum Gasteiger partial charge on any atom is 0.264 e. The van der Waals surface area contributed by atoms with Gasteiger partial charge in [0.2, 0.25) is 0 Å². The number of piperazine rings is 1. The summed E-state index contributed by atoms with van der Waals surface area (Å²) in [5, 5.41) is 0. The van der Waals surface area contributed by atoms with Crippen LogP contribution < -0.4 is 4.31 Å². The normalized spacial score (nSPS) is 15.6. The third-order valence-electron chi connectivity index (χ3n) is 4.81. The first-order chi connectivity index (χ1) is 12.9. The van der Waals surface area contributed by atoms with Gasteiger partial charge in [-0.05, 0) is 50.4 Å². The van der Waals surface area contributed by atoms with Gasteiger partial charge >= 0.3 is 0 Å². The lowest BCUT2D eigenvalue weighted by Crippen LogP contribution is -2.47. The van der Waals surface area contributed by atoms with E-state index in [0.29, 0.717) is 30.9 Å². The number of rotatable bonds is 5. The van der Waals surface area contributed by atoms with Gasteiger partial charge in [0.15, 0.2) is 0 Å². The molecule has 27 heavy (non-hydrogen) atoms. The van der Waals surface area contributed by atoms with E-state index in [1.54, 1.807) is 61.5 Å². The molecule has 0 spiro atoms. The van der Waals surface area contributed by atoms with Gasteiger partial charge in [-0.25, -0.2) is 8.42 Å². The molecule has 1 fully saturated rings. The average molecular weight is 388 g/mol. The zero-order valence-corrected chi connectivity index (χ0v) is 16.5. The number of nitrogens with zero attached hydrogens (tertiary/aromatic N) is 3. The summed E-state index contributed by atoms with van der Waals surface area (Å²) in [5.74, 6) is -0.0105. The summed E-state index contributed by atoms with van der Waals surface area (Å²) in [6.45, 7) is 5.25.